The normalized spacial score (nSPS) is 16.2. The third-order valence-electron chi connectivity index (χ3n) is 7.36. The molecule has 0 spiro atoms. The Balaban J connectivity index is 1.45. The fraction of sp³-hybridized carbons (Fsp3) is 0.286. The Bertz CT molecular complexity index is 1730. The minimum absolute atomic E-state index is 0.0662. The quantitative estimate of drug-likeness (QED) is 0.308. The number of hydrogen-bond donors (Lipinski definition) is 2. The van der Waals surface area contributed by atoms with Gasteiger partial charge in [-0.2, -0.15) is 17.8 Å². The molecule has 0 atom stereocenters. The highest BCUT2D eigenvalue weighted by molar-refractivity contribution is 7.90. The van der Waals surface area contributed by atoms with E-state index in [0.29, 0.717) is 57.7 Å². The van der Waals surface area contributed by atoms with Gasteiger partial charge >= 0.3 is 10.2 Å². The van der Waals surface area contributed by atoms with Crippen LogP contribution >= 0.6 is 11.6 Å². The molecule has 0 aliphatic carbocycles. The molecule has 9 nitrogen and oxygen atoms in total. The fourth-order valence-electron chi connectivity index (χ4n) is 5.26. The van der Waals surface area contributed by atoms with E-state index in [9.17, 15) is 8.42 Å². The number of nitrogens with zero attached hydrogens (tertiary/aromatic N) is 5. The summed E-state index contributed by atoms with van der Waals surface area (Å²) in [6.07, 6.45) is 5.83. The predicted octanol–water partition coefficient (Wildman–Crippen LogP) is 4.83. The third kappa shape index (κ3) is 5.56. The van der Waals surface area contributed by atoms with Crippen LogP contribution in [0.1, 0.15) is 12.8 Å². The summed E-state index contributed by atoms with van der Waals surface area (Å²) in [5, 5.41) is 7.76. The molecule has 2 fully saturated rings. The van der Waals surface area contributed by atoms with Gasteiger partial charge in [-0.1, -0.05) is 11.6 Å². The Hall–Kier alpha value is -3.65. The van der Waals surface area contributed by atoms with Gasteiger partial charge in [0.05, 0.1) is 11.4 Å². The summed E-state index contributed by atoms with van der Waals surface area (Å²) in [5.74, 6) is -2.23. The number of hydrogen-bond acceptors (Lipinski definition) is 6. The van der Waals surface area contributed by atoms with E-state index < -0.39 is 27.7 Å². The van der Waals surface area contributed by atoms with Gasteiger partial charge in [0.15, 0.2) is 11.6 Å². The van der Waals surface area contributed by atoms with Crippen LogP contribution in [0.25, 0.3) is 28.1 Å². The molecule has 2 aliphatic heterocycles. The van der Waals surface area contributed by atoms with Crippen molar-refractivity contribution in [2.24, 2.45) is 0 Å². The molecule has 0 bridgehead atoms. The van der Waals surface area contributed by atoms with Crippen LogP contribution in [0, 0.1) is 17.5 Å². The molecule has 2 N–H and O–H groups in total. The number of aromatic nitrogens is 3. The zero-order valence-corrected chi connectivity index (χ0v) is 23.9. The first-order chi connectivity index (χ1) is 20.2. The van der Waals surface area contributed by atoms with E-state index in [0.717, 1.165) is 16.8 Å². The lowest BCUT2D eigenvalue weighted by molar-refractivity contribution is 0.482. The van der Waals surface area contributed by atoms with Crippen molar-refractivity contribution in [3.05, 3.63) is 77.5 Å². The maximum Gasteiger partial charge on any atom is 0.301 e. The maximum absolute atomic E-state index is 16.1. The van der Waals surface area contributed by atoms with Crippen LogP contribution in [-0.4, -0.2) is 66.8 Å². The molecule has 4 aromatic rings. The van der Waals surface area contributed by atoms with E-state index in [1.807, 2.05) is 0 Å². The molecule has 0 radical (unpaired) electrons. The molecule has 6 rings (SSSR count). The molecule has 2 aromatic heterocycles. The maximum atomic E-state index is 16.1. The third-order valence-corrected chi connectivity index (χ3v) is 9.10. The average Bonchev–Trinajstić information content (AvgIpc) is 3.68. The molecule has 14 heteroatoms. The van der Waals surface area contributed by atoms with Crippen LogP contribution in [0.4, 0.5) is 24.5 Å². The molecule has 2 aliphatic rings. The molecule has 0 saturated carbocycles. The smallest absolute Gasteiger partial charge is 0.301 e. The van der Waals surface area contributed by atoms with Gasteiger partial charge in [-0.25, -0.2) is 17.9 Å². The van der Waals surface area contributed by atoms with Crippen molar-refractivity contribution >= 4 is 33.2 Å². The van der Waals surface area contributed by atoms with Crippen LogP contribution in [0.5, 0.6) is 0 Å². The van der Waals surface area contributed by atoms with Crippen molar-refractivity contribution in [3.63, 3.8) is 0 Å². The molecular weight excluding hydrogens is 591 g/mol. The van der Waals surface area contributed by atoms with E-state index in [2.05, 4.69) is 20.1 Å². The summed E-state index contributed by atoms with van der Waals surface area (Å²) in [6, 6.07) is 7.99. The average molecular weight is 618 g/mol. The largest absolute Gasteiger partial charge is 0.367 e. The van der Waals surface area contributed by atoms with Crippen LogP contribution in [0.3, 0.4) is 0 Å². The second-order valence-electron chi connectivity index (χ2n) is 10.1. The molecule has 2 saturated heterocycles. The van der Waals surface area contributed by atoms with E-state index in [4.69, 9.17) is 11.6 Å². The van der Waals surface area contributed by atoms with Crippen LogP contribution in [0.2, 0.25) is 5.02 Å². The first-order valence-corrected chi connectivity index (χ1v) is 15.3. The second-order valence-corrected chi connectivity index (χ2v) is 12.2. The monoisotopic (exact) mass is 617 g/mol. The Kier molecular flexibility index (Phi) is 7.83. The highest BCUT2D eigenvalue weighted by atomic mass is 35.5. The number of anilines is 2. The van der Waals surface area contributed by atoms with Crippen molar-refractivity contribution in [1.82, 2.24) is 24.4 Å². The summed E-state index contributed by atoms with van der Waals surface area (Å²) in [7, 11) is -4.02. The fourth-order valence-corrected chi connectivity index (χ4v) is 6.77. The predicted molar refractivity (Wildman–Crippen MR) is 156 cm³/mol. The number of rotatable bonds is 7. The minimum atomic E-state index is -4.02. The summed E-state index contributed by atoms with van der Waals surface area (Å²) < 4.78 is 77.3. The van der Waals surface area contributed by atoms with Gasteiger partial charge < -0.3 is 10.2 Å². The van der Waals surface area contributed by atoms with Gasteiger partial charge in [-0.3, -0.25) is 9.71 Å². The number of benzene rings is 2. The topological polar surface area (TPSA) is 95.4 Å². The van der Waals surface area contributed by atoms with Gasteiger partial charge in [0.1, 0.15) is 17.2 Å². The summed E-state index contributed by atoms with van der Waals surface area (Å²) >= 11 is 6.35. The van der Waals surface area contributed by atoms with Crippen molar-refractivity contribution < 1.29 is 21.6 Å². The molecule has 0 amide bonds. The second kappa shape index (κ2) is 11.6. The number of piperazine rings is 1. The van der Waals surface area contributed by atoms with E-state index >= 15 is 13.2 Å². The molecule has 4 heterocycles. The summed E-state index contributed by atoms with van der Waals surface area (Å²) in [4.78, 5) is 5.78. The first kappa shape index (κ1) is 28.5. The van der Waals surface area contributed by atoms with E-state index in [1.54, 1.807) is 17.0 Å². The Morgan fingerprint density at radius 1 is 0.881 bits per heavy atom. The molecule has 220 valence electrons. The summed E-state index contributed by atoms with van der Waals surface area (Å²) in [5.41, 5.74) is 0.511. The lowest BCUT2D eigenvalue weighted by Gasteiger charge is -2.29. The molecule has 42 heavy (non-hydrogen) atoms. The van der Waals surface area contributed by atoms with E-state index in [-0.39, 0.29) is 38.9 Å². The number of pyridine rings is 1. The molecule has 2 aromatic carbocycles. The Morgan fingerprint density at radius 3 is 2.26 bits per heavy atom. The van der Waals surface area contributed by atoms with Crippen LogP contribution in [-0.2, 0) is 10.2 Å². The lowest BCUT2D eigenvalue weighted by atomic mass is 10.0. The summed E-state index contributed by atoms with van der Waals surface area (Å²) in [6.45, 7) is 3.04. The van der Waals surface area contributed by atoms with E-state index in [1.165, 1.54) is 35.0 Å². The molecule has 0 unspecified atom stereocenters. The number of halogens is 4. The van der Waals surface area contributed by atoms with Gasteiger partial charge in [0.2, 0.25) is 0 Å². The van der Waals surface area contributed by atoms with Gasteiger partial charge in [0, 0.05) is 91.7 Å². The molecular formula is C28H27ClF3N7O2S. The van der Waals surface area contributed by atoms with Crippen LogP contribution in [0.15, 0.2) is 55.0 Å². The zero-order valence-electron chi connectivity index (χ0n) is 22.3. The van der Waals surface area contributed by atoms with Crippen molar-refractivity contribution in [2.75, 3.05) is 48.9 Å². The number of nitrogens with one attached hydrogen (secondary N) is 2. The van der Waals surface area contributed by atoms with Crippen LogP contribution < -0.4 is 14.9 Å². The lowest BCUT2D eigenvalue weighted by Crippen LogP contribution is -2.44. The zero-order chi connectivity index (χ0) is 29.4. The van der Waals surface area contributed by atoms with Gasteiger partial charge in [-0.05, 0) is 37.1 Å². The van der Waals surface area contributed by atoms with Crippen molar-refractivity contribution in [3.8, 4) is 28.1 Å². The highest BCUT2D eigenvalue weighted by Crippen LogP contribution is 2.38. The Morgan fingerprint density at radius 2 is 1.55 bits per heavy atom. The minimum Gasteiger partial charge on any atom is -0.367 e. The van der Waals surface area contributed by atoms with Crippen molar-refractivity contribution in [1.29, 1.82) is 0 Å². The standard InChI is InChI=1S/C28H27ClF3N7O2S/c29-19-13-20(27(32)24(14-19)36-42(40,41)38-9-1-2-10-38)21-17-39(35-28(21)18-3-5-33-6-4-18)26-16-22(30)25(15-23(26)31)37-11-7-34-8-12-37/h3-6,13-17,34,36H,1-2,7-12H2. The Labute approximate surface area is 246 Å². The van der Waals surface area contributed by atoms with Gasteiger partial charge in [0.25, 0.3) is 0 Å². The van der Waals surface area contributed by atoms with Crippen molar-refractivity contribution in [2.45, 2.75) is 12.8 Å². The first-order valence-electron chi connectivity index (χ1n) is 13.4. The van der Waals surface area contributed by atoms with Gasteiger partial charge in [-0.15, -0.1) is 0 Å². The highest BCUT2D eigenvalue weighted by Gasteiger charge is 2.28. The SMILES string of the molecule is O=S(=O)(Nc1cc(Cl)cc(-c2cn(-c3cc(F)c(N4CCNCC4)cc3F)nc2-c2ccncc2)c1F)N1CCCC1.